The lowest BCUT2D eigenvalue weighted by Crippen LogP contribution is -1.97. The molecular formula is C20H17FO2. The second-order valence-corrected chi connectivity index (χ2v) is 5.54. The van der Waals surface area contributed by atoms with Gasteiger partial charge in [0.1, 0.15) is 5.82 Å². The van der Waals surface area contributed by atoms with Crippen LogP contribution in [0.15, 0.2) is 54.1 Å². The Morgan fingerprint density at radius 1 is 1.09 bits per heavy atom. The Morgan fingerprint density at radius 3 is 2.48 bits per heavy atom. The first kappa shape index (κ1) is 15.2. The zero-order valence-electron chi connectivity index (χ0n) is 12.8. The maximum atomic E-state index is 13.7. The number of benzene rings is 2. The van der Waals surface area contributed by atoms with Crippen molar-refractivity contribution in [3.63, 3.8) is 0 Å². The lowest BCUT2D eigenvalue weighted by atomic mass is 9.98. The van der Waals surface area contributed by atoms with E-state index in [1.807, 2.05) is 43.3 Å². The monoisotopic (exact) mass is 308 g/mol. The topological polar surface area (TPSA) is 37.3 Å². The summed E-state index contributed by atoms with van der Waals surface area (Å²) >= 11 is 0. The molecule has 0 bridgehead atoms. The van der Waals surface area contributed by atoms with Crippen LogP contribution >= 0.6 is 0 Å². The van der Waals surface area contributed by atoms with Crippen LogP contribution in [-0.4, -0.2) is 11.1 Å². The Balaban J connectivity index is 2.21. The molecule has 0 aliphatic heterocycles. The van der Waals surface area contributed by atoms with Crippen molar-refractivity contribution in [2.75, 3.05) is 0 Å². The van der Waals surface area contributed by atoms with Gasteiger partial charge >= 0.3 is 5.97 Å². The molecule has 1 N–H and O–H groups in total. The highest BCUT2D eigenvalue weighted by Gasteiger charge is 2.26. The highest BCUT2D eigenvalue weighted by atomic mass is 19.1. The van der Waals surface area contributed by atoms with E-state index in [9.17, 15) is 14.3 Å². The Kier molecular flexibility index (Phi) is 4.11. The minimum absolute atomic E-state index is 0.0915. The van der Waals surface area contributed by atoms with Crippen LogP contribution in [-0.2, 0) is 4.79 Å². The third kappa shape index (κ3) is 2.95. The smallest absolute Gasteiger partial charge is 0.307 e. The molecule has 1 aliphatic rings. The summed E-state index contributed by atoms with van der Waals surface area (Å²) in [6, 6.07) is 14.5. The Morgan fingerprint density at radius 2 is 1.83 bits per heavy atom. The van der Waals surface area contributed by atoms with Crippen LogP contribution < -0.4 is 0 Å². The van der Waals surface area contributed by atoms with Crippen LogP contribution in [0.4, 0.5) is 4.39 Å². The highest BCUT2D eigenvalue weighted by molar-refractivity contribution is 6.07. The summed E-state index contributed by atoms with van der Waals surface area (Å²) in [5.41, 5.74) is 5.34. The Bertz CT molecular complexity index is 817. The number of carboxylic acids is 1. The summed E-state index contributed by atoms with van der Waals surface area (Å²) in [7, 11) is 0. The van der Waals surface area contributed by atoms with Gasteiger partial charge in [-0.25, -0.2) is 4.39 Å². The lowest BCUT2D eigenvalue weighted by molar-refractivity contribution is -0.135. The van der Waals surface area contributed by atoms with Crippen molar-refractivity contribution in [2.24, 2.45) is 0 Å². The largest absolute Gasteiger partial charge is 0.481 e. The predicted octanol–water partition coefficient (Wildman–Crippen LogP) is 5.02. The normalized spacial score (nSPS) is 15.1. The van der Waals surface area contributed by atoms with Gasteiger partial charge in [-0.05, 0) is 58.0 Å². The van der Waals surface area contributed by atoms with Gasteiger partial charge in [0.25, 0.3) is 0 Å². The van der Waals surface area contributed by atoms with E-state index < -0.39 is 5.97 Å². The third-order valence-corrected chi connectivity index (χ3v) is 4.08. The second kappa shape index (κ2) is 6.21. The molecule has 0 aromatic heterocycles. The number of fused-ring (bicyclic) bond motifs is 1. The molecule has 3 rings (SSSR count). The van der Waals surface area contributed by atoms with Crippen LogP contribution in [0.5, 0.6) is 0 Å². The van der Waals surface area contributed by atoms with E-state index in [1.54, 1.807) is 6.07 Å². The van der Waals surface area contributed by atoms with E-state index in [4.69, 9.17) is 0 Å². The molecule has 0 spiro atoms. The SMILES string of the molecule is CCC1=C(CC(=O)O)c2cc(F)ccc2/C1=C\c1ccccc1. The van der Waals surface area contributed by atoms with Crippen LogP contribution in [0.25, 0.3) is 17.2 Å². The molecule has 2 aromatic rings. The minimum Gasteiger partial charge on any atom is -0.481 e. The van der Waals surface area contributed by atoms with Crippen LogP contribution in [0.1, 0.15) is 36.5 Å². The van der Waals surface area contributed by atoms with Crippen molar-refractivity contribution in [2.45, 2.75) is 19.8 Å². The molecule has 0 unspecified atom stereocenters. The van der Waals surface area contributed by atoms with E-state index in [1.165, 1.54) is 12.1 Å². The average Bonchev–Trinajstić information content (AvgIpc) is 2.80. The van der Waals surface area contributed by atoms with Crippen molar-refractivity contribution < 1.29 is 14.3 Å². The molecule has 2 aromatic carbocycles. The summed E-state index contributed by atoms with van der Waals surface area (Å²) in [6.07, 6.45) is 2.66. The van der Waals surface area contributed by atoms with Crippen molar-refractivity contribution in [1.82, 2.24) is 0 Å². The number of hydrogen-bond acceptors (Lipinski definition) is 1. The summed E-state index contributed by atoms with van der Waals surface area (Å²) in [6.45, 7) is 2.00. The maximum Gasteiger partial charge on any atom is 0.307 e. The molecule has 0 amide bonds. The molecule has 3 heteroatoms. The molecule has 116 valence electrons. The summed E-state index contributed by atoms with van der Waals surface area (Å²) in [5.74, 6) is -1.25. The predicted molar refractivity (Wildman–Crippen MR) is 90.2 cm³/mol. The molecule has 0 heterocycles. The Labute approximate surface area is 134 Å². The number of carboxylic acid groups (broad SMARTS) is 1. The van der Waals surface area contributed by atoms with Crippen LogP contribution in [0.3, 0.4) is 0 Å². The van der Waals surface area contributed by atoms with Gasteiger partial charge in [0.15, 0.2) is 0 Å². The fourth-order valence-electron chi connectivity index (χ4n) is 3.13. The number of halogens is 1. The van der Waals surface area contributed by atoms with Gasteiger partial charge < -0.3 is 5.11 Å². The first-order valence-corrected chi connectivity index (χ1v) is 7.61. The molecule has 0 fully saturated rings. The molecule has 0 atom stereocenters. The van der Waals surface area contributed by atoms with Gasteiger partial charge in [0.2, 0.25) is 0 Å². The average molecular weight is 308 g/mol. The molecular weight excluding hydrogens is 291 g/mol. The van der Waals surface area contributed by atoms with Crippen LogP contribution in [0, 0.1) is 5.82 Å². The van der Waals surface area contributed by atoms with Crippen molar-refractivity contribution in [1.29, 1.82) is 0 Å². The van der Waals surface area contributed by atoms with E-state index in [-0.39, 0.29) is 12.2 Å². The fraction of sp³-hybridized carbons (Fsp3) is 0.150. The van der Waals surface area contributed by atoms with E-state index in [0.29, 0.717) is 12.0 Å². The van der Waals surface area contributed by atoms with Gasteiger partial charge in [-0.15, -0.1) is 0 Å². The standard InChI is InChI=1S/C20H17FO2/c1-2-15-17(10-13-6-4-3-5-7-13)16-9-8-14(21)11-18(16)19(15)12-20(22)23/h3-11H,2,12H2,1H3,(H,22,23)/b17-10-. The highest BCUT2D eigenvalue weighted by Crippen LogP contribution is 2.45. The van der Waals surface area contributed by atoms with Gasteiger partial charge in [-0.3, -0.25) is 4.79 Å². The molecule has 0 saturated heterocycles. The first-order valence-electron chi connectivity index (χ1n) is 7.61. The van der Waals surface area contributed by atoms with Gasteiger partial charge in [0.05, 0.1) is 6.42 Å². The van der Waals surface area contributed by atoms with Crippen molar-refractivity contribution >= 4 is 23.2 Å². The summed E-state index contributed by atoms with van der Waals surface area (Å²) in [4.78, 5) is 11.2. The van der Waals surface area contributed by atoms with Gasteiger partial charge in [-0.2, -0.15) is 0 Å². The van der Waals surface area contributed by atoms with Crippen LogP contribution in [0.2, 0.25) is 0 Å². The number of carbonyl (C=O) groups is 1. The fourth-order valence-corrected chi connectivity index (χ4v) is 3.13. The molecule has 1 aliphatic carbocycles. The number of aliphatic carboxylic acids is 1. The number of rotatable bonds is 4. The number of allylic oxidation sites excluding steroid dienone is 2. The van der Waals surface area contributed by atoms with Gasteiger partial charge in [-0.1, -0.05) is 43.3 Å². The quantitative estimate of drug-likeness (QED) is 0.861. The van der Waals surface area contributed by atoms with Gasteiger partial charge in [0, 0.05) is 0 Å². The zero-order valence-corrected chi connectivity index (χ0v) is 12.8. The Hall–Kier alpha value is -2.68. The maximum absolute atomic E-state index is 13.7. The summed E-state index contributed by atoms with van der Waals surface area (Å²) in [5, 5.41) is 9.21. The van der Waals surface area contributed by atoms with Crippen molar-refractivity contribution in [3.8, 4) is 0 Å². The summed E-state index contributed by atoms with van der Waals surface area (Å²) < 4.78 is 13.7. The lowest BCUT2D eigenvalue weighted by Gasteiger charge is -2.06. The second-order valence-electron chi connectivity index (χ2n) is 5.54. The van der Waals surface area contributed by atoms with Crippen molar-refractivity contribution in [3.05, 3.63) is 76.6 Å². The minimum atomic E-state index is -0.901. The molecule has 23 heavy (non-hydrogen) atoms. The zero-order chi connectivity index (χ0) is 16.4. The van der Waals surface area contributed by atoms with E-state index >= 15 is 0 Å². The third-order valence-electron chi connectivity index (χ3n) is 4.08. The van der Waals surface area contributed by atoms with E-state index in [0.717, 1.165) is 27.8 Å². The molecule has 0 radical (unpaired) electrons. The van der Waals surface area contributed by atoms with E-state index in [2.05, 4.69) is 0 Å². The molecule has 0 saturated carbocycles. The molecule has 2 nitrogen and oxygen atoms in total. The number of hydrogen-bond donors (Lipinski definition) is 1. The first-order chi connectivity index (χ1) is 11.1.